The van der Waals surface area contributed by atoms with Crippen molar-refractivity contribution in [3.05, 3.63) is 54.7 Å². The van der Waals surface area contributed by atoms with Crippen LogP contribution in [0.2, 0.25) is 14.4 Å². The van der Waals surface area contributed by atoms with Crippen molar-refractivity contribution in [2.45, 2.75) is 12.6 Å². The Morgan fingerprint density at radius 3 is 2.26 bits per heavy atom. The summed E-state index contributed by atoms with van der Waals surface area (Å²) in [5.41, 5.74) is 0.710. The number of thiophene rings is 1. The molecule has 0 aliphatic heterocycles. The first-order valence-electron chi connectivity index (χ1n) is 6.21. The van der Waals surface area contributed by atoms with Crippen molar-refractivity contribution < 1.29 is 19.8 Å². The summed E-state index contributed by atoms with van der Waals surface area (Å²) in [4.78, 5) is 22.9. The summed E-state index contributed by atoms with van der Waals surface area (Å²) in [6, 6.07) is 5.71. The molecule has 1 aromatic carbocycles. The van der Waals surface area contributed by atoms with E-state index in [9.17, 15) is 14.7 Å². The van der Waals surface area contributed by atoms with Crippen molar-refractivity contribution in [2.75, 3.05) is 0 Å². The van der Waals surface area contributed by atoms with Gasteiger partial charge in [-0.2, -0.15) is 0 Å². The average Bonchev–Trinajstić information content (AvgIpc) is 2.84. The fourth-order valence-electron chi connectivity index (χ4n) is 1.80. The van der Waals surface area contributed by atoms with Gasteiger partial charge in [-0.1, -0.05) is 34.8 Å². The monoisotopic (exact) mass is 393 g/mol. The maximum absolute atomic E-state index is 12.0. The first kappa shape index (κ1) is 18.0. The summed E-state index contributed by atoms with van der Waals surface area (Å²) >= 11 is 18.5. The molecule has 0 aliphatic carbocycles. The van der Waals surface area contributed by atoms with Gasteiger partial charge in [-0.15, -0.1) is 11.3 Å². The molecule has 1 atom stereocenters. The maximum Gasteiger partial charge on any atom is 0.345 e. The summed E-state index contributed by atoms with van der Waals surface area (Å²) in [5, 5.41) is 22.0. The maximum atomic E-state index is 12.0. The Labute approximate surface area is 150 Å². The fourth-order valence-corrected chi connectivity index (χ4v) is 3.45. The van der Waals surface area contributed by atoms with Crippen LogP contribution in [0.5, 0.6) is 0 Å². The SMILES string of the molecule is O=C(O)c1cc(CNC(=O)C(O)c2cc(Cl)cc(Cl)c2)c(Cl)s1. The lowest BCUT2D eigenvalue weighted by Crippen LogP contribution is -2.28. The zero-order chi connectivity index (χ0) is 17.1. The minimum absolute atomic E-state index is 0.00714. The third-order valence-corrected chi connectivity index (χ3v) is 4.73. The van der Waals surface area contributed by atoms with Gasteiger partial charge < -0.3 is 15.5 Å². The van der Waals surface area contributed by atoms with Crippen LogP contribution in [0, 0.1) is 0 Å². The topological polar surface area (TPSA) is 86.6 Å². The Hall–Kier alpha value is -1.31. The molecule has 0 spiro atoms. The van der Waals surface area contributed by atoms with Gasteiger partial charge in [0.25, 0.3) is 5.91 Å². The second kappa shape index (κ2) is 7.51. The van der Waals surface area contributed by atoms with Crippen LogP contribution < -0.4 is 5.32 Å². The van der Waals surface area contributed by atoms with E-state index in [0.29, 0.717) is 15.6 Å². The third-order valence-electron chi connectivity index (χ3n) is 2.87. The van der Waals surface area contributed by atoms with E-state index in [1.807, 2.05) is 0 Å². The first-order valence-corrected chi connectivity index (χ1v) is 8.16. The standard InChI is InChI=1S/C14H10Cl3NO4S/c15-8-1-6(2-9(16)4-8)11(19)13(20)18-5-7-3-10(14(21)22)23-12(7)17/h1-4,11,19H,5H2,(H,18,20)(H,21,22). The second-order valence-corrected chi connectivity index (χ2v) is 7.07. The molecule has 0 bridgehead atoms. The van der Waals surface area contributed by atoms with Crippen LogP contribution in [0.15, 0.2) is 24.3 Å². The van der Waals surface area contributed by atoms with Gasteiger partial charge in [0.15, 0.2) is 6.10 Å². The number of amides is 1. The van der Waals surface area contributed by atoms with Gasteiger partial charge in [-0.25, -0.2) is 4.79 Å². The molecule has 1 heterocycles. The fraction of sp³-hybridized carbons (Fsp3) is 0.143. The Balaban J connectivity index is 2.05. The Bertz CT molecular complexity index is 742. The number of carbonyl (C=O) groups excluding carboxylic acids is 1. The Kier molecular flexibility index (Phi) is 5.89. The van der Waals surface area contributed by atoms with E-state index in [-0.39, 0.29) is 21.3 Å². The number of carboxylic acids is 1. The second-order valence-electron chi connectivity index (χ2n) is 4.54. The highest BCUT2D eigenvalue weighted by Crippen LogP contribution is 2.28. The number of nitrogens with one attached hydrogen (secondary N) is 1. The molecule has 2 rings (SSSR count). The molecule has 2 aromatic rings. The number of benzene rings is 1. The molecule has 0 fully saturated rings. The summed E-state index contributed by atoms with van der Waals surface area (Å²) in [7, 11) is 0. The van der Waals surface area contributed by atoms with E-state index >= 15 is 0 Å². The van der Waals surface area contributed by atoms with Crippen LogP contribution >= 0.6 is 46.1 Å². The minimum Gasteiger partial charge on any atom is -0.477 e. The number of carboxylic acid groups (broad SMARTS) is 1. The molecule has 23 heavy (non-hydrogen) atoms. The Morgan fingerprint density at radius 2 is 1.74 bits per heavy atom. The van der Waals surface area contributed by atoms with Gasteiger partial charge in [0.2, 0.25) is 0 Å². The first-order chi connectivity index (χ1) is 10.8. The highest BCUT2D eigenvalue weighted by molar-refractivity contribution is 7.18. The van der Waals surface area contributed by atoms with Crippen LogP contribution in [0.1, 0.15) is 26.9 Å². The van der Waals surface area contributed by atoms with Gasteiger partial charge in [-0.05, 0) is 29.8 Å². The van der Waals surface area contributed by atoms with Crippen molar-refractivity contribution >= 4 is 58.0 Å². The molecule has 3 N–H and O–H groups in total. The summed E-state index contributed by atoms with van der Waals surface area (Å²) in [6.07, 6.45) is -1.46. The lowest BCUT2D eigenvalue weighted by molar-refractivity contribution is -0.129. The van der Waals surface area contributed by atoms with Gasteiger partial charge in [0.05, 0.1) is 4.34 Å². The number of aliphatic hydroxyl groups excluding tert-OH is 1. The summed E-state index contributed by atoms with van der Waals surface area (Å²) in [6.45, 7) is -0.00714. The molecule has 0 saturated heterocycles. The molecule has 9 heteroatoms. The van der Waals surface area contributed by atoms with Crippen LogP contribution in [0.3, 0.4) is 0 Å². The van der Waals surface area contributed by atoms with Crippen molar-refractivity contribution in [2.24, 2.45) is 0 Å². The molecule has 122 valence electrons. The number of aliphatic hydroxyl groups is 1. The average molecular weight is 395 g/mol. The van der Waals surface area contributed by atoms with Crippen molar-refractivity contribution in [3.8, 4) is 0 Å². The third kappa shape index (κ3) is 4.59. The highest BCUT2D eigenvalue weighted by atomic mass is 35.5. The lowest BCUT2D eigenvalue weighted by Gasteiger charge is -2.12. The normalized spacial score (nSPS) is 12.0. The van der Waals surface area contributed by atoms with Gasteiger partial charge in [-0.3, -0.25) is 4.79 Å². The van der Waals surface area contributed by atoms with Crippen LogP contribution in [0.4, 0.5) is 0 Å². The number of hydrogen-bond donors (Lipinski definition) is 3. The van der Waals surface area contributed by atoms with E-state index in [1.165, 1.54) is 24.3 Å². The van der Waals surface area contributed by atoms with Gasteiger partial charge >= 0.3 is 5.97 Å². The quantitative estimate of drug-likeness (QED) is 0.721. The van der Waals surface area contributed by atoms with Crippen molar-refractivity contribution in [1.82, 2.24) is 5.32 Å². The Morgan fingerprint density at radius 1 is 1.13 bits per heavy atom. The molecule has 1 aromatic heterocycles. The zero-order valence-corrected chi connectivity index (χ0v) is 14.4. The predicted octanol–water partition coefficient (Wildman–Crippen LogP) is 3.76. The van der Waals surface area contributed by atoms with Gasteiger partial charge in [0.1, 0.15) is 4.88 Å². The van der Waals surface area contributed by atoms with E-state index in [1.54, 1.807) is 0 Å². The van der Waals surface area contributed by atoms with E-state index in [2.05, 4.69) is 5.32 Å². The highest BCUT2D eigenvalue weighted by Gasteiger charge is 2.19. The molecule has 5 nitrogen and oxygen atoms in total. The number of hydrogen-bond acceptors (Lipinski definition) is 4. The molecule has 0 saturated carbocycles. The van der Waals surface area contributed by atoms with Crippen LogP contribution in [-0.4, -0.2) is 22.1 Å². The van der Waals surface area contributed by atoms with E-state index in [4.69, 9.17) is 39.9 Å². The minimum atomic E-state index is -1.46. The van der Waals surface area contributed by atoms with E-state index in [0.717, 1.165) is 11.3 Å². The zero-order valence-electron chi connectivity index (χ0n) is 11.3. The van der Waals surface area contributed by atoms with E-state index < -0.39 is 18.0 Å². The molecular formula is C14H10Cl3NO4S. The smallest absolute Gasteiger partial charge is 0.345 e. The number of rotatable bonds is 5. The largest absolute Gasteiger partial charge is 0.477 e. The molecule has 0 radical (unpaired) electrons. The molecule has 0 aliphatic rings. The summed E-state index contributed by atoms with van der Waals surface area (Å²) in [5.74, 6) is -1.77. The molecular weight excluding hydrogens is 385 g/mol. The molecule has 1 unspecified atom stereocenters. The number of halogens is 3. The number of carbonyl (C=O) groups is 2. The molecule has 1 amide bonds. The van der Waals surface area contributed by atoms with Crippen LogP contribution in [0.25, 0.3) is 0 Å². The summed E-state index contributed by atoms with van der Waals surface area (Å²) < 4.78 is 0.267. The van der Waals surface area contributed by atoms with Gasteiger partial charge in [0, 0.05) is 22.2 Å². The predicted molar refractivity (Wildman–Crippen MR) is 89.6 cm³/mol. The number of aromatic carboxylic acids is 1. The van der Waals surface area contributed by atoms with Crippen molar-refractivity contribution in [1.29, 1.82) is 0 Å². The van der Waals surface area contributed by atoms with Crippen molar-refractivity contribution in [3.63, 3.8) is 0 Å². The lowest BCUT2D eigenvalue weighted by atomic mass is 10.1. The van der Waals surface area contributed by atoms with Crippen LogP contribution in [-0.2, 0) is 11.3 Å².